The Morgan fingerprint density at radius 2 is 2.21 bits per heavy atom. The maximum atomic E-state index is 6.02. The van der Waals surface area contributed by atoms with Crippen molar-refractivity contribution in [3.63, 3.8) is 0 Å². The van der Waals surface area contributed by atoms with Crippen molar-refractivity contribution in [2.45, 2.75) is 44.6 Å². The molecule has 1 saturated heterocycles. The summed E-state index contributed by atoms with van der Waals surface area (Å²) in [6.07, 6.45) is 3.99. The summed E-state index contributed by atoms with van der Waals surface area (Å²) in [6, 6.07) is 6.64. The van der Waals surface area contributed by atoms with Crippen molar-refractivity contribution >= 4 is 17.4 Å². The summed E-state index contributed by atoms with van der Waals surface area (Å²) in [7, 11) is 0. The minimum Gasteiger partial charge on any atom is -0.371 e. The fourth-order valence-corrected chi connectivity index (χ4v) is 3.81. The van der Waals surface area contributed by atoms with Gasteiger partial charge in [0.15, 0.2) is 0 Å². The quantitative estimate of drug-likeness (QED) is 0.829. The van der Waals surface area contributed by atoms with Crippen LogP contribution < -0.4 is 10.6 Å². The normalized spacial score (nSPS) is 19.7. The van der Waals surface area contributed by atoms with Gasteiger partial charge in [0.25, 0.3) is 0 Å². The largest absolute Gasteiger partial charge is 0.371 e. The first-order valence-electron chi connectivity index (χ1n) is 7.49. The van der Waals surface area contributed by atoms with Gasteiger partial charge in [-0.05, 0) is 36.6 Å². The Balaban J connectivity index is 2.25. The number of benzene rings is 1. The number of rotatable bonds is 5. The molecular formula is C16H26N2S. The number of thioether (sulfide) groups is 1. The molecule has 3 heteroatoms. The van der Waals surface area contributed by atoms with Gasteiger partial charge < -0.3 is 10.6 Å². The van der Waals surface area contributed by atoms with Crippen molar-refractivity contribution < 1.29 is 0 Å². The summed E-state index contributed by atoms with van der Waals surface area (Å²) < 4.78 is 0. The van der Waals surface area contributed by atoms with Crippen LogP contribution in [0.3, 0.4) is 0 Å². The molecule has 0 aliphatic carbocycles. The zero-order chi connectivity index (χ0) is 13.7. The van der Waals surface area contributed by atoms with Crippen molar-refractivity contribution in [1.82, 2.24) is 0 Å². The van der Waals surface area contributed by atoms with Gasteiger partial charge in [-0.15, -0.1) is 11.8 Å². The molecule has 0 amide bonds. The molecule has 2 N–H and O–H groups in total. The Hall–Kier alpha value is -0.670. The van der Waals surface area contributed by atoms with E-state index in [2.05, 4.69) is 36.9 Å². The molecule has 1 aromatic rings. The van der Waals surface area contributed by atoms with Gasteiger partial charge in [0.1, 0.15) is 0 Å². The first-order chi connectivity index (χ1) is 9.30. The highest BCUT2D eigenvalue weighted by molar-refractivity contribution is 7.99. The molecule has 106 valence electrons. The van der Waals surface area contributed by atoms with Crippen LogP contribution in [0.15, 0.2) is 23.1 Å². The van der Waals surface area contributed by atoms with Gasteiger partial charge in [-0.1, -0.05) is 26.3 Å². The summed E-state index contributed by atoms with van der Waals surface area (Å²) in [5.41, 5.74) is 8.73. The van der Waals surface area contributed by atoms with E-state index >= 15 is 0 Å². The molecule has 2 rings (SSSR count). The van der Waals surface area contributed by atoms with E-state index in [1.54, 1.807) is 0 Å². The Morgan fingerprint density at radius 1 is 1.37 bits per heavy atom. The van der Waals surface area contributed by atoms with Crippen molar-refractivity contribution in [3.8, 4) is 0 Å². The van der Waals surface area contributed by atoms with Crippen LogP contribution in [0.4, 0.5) is 5.69 Å². The van der Waals surface area contributed by atoms with Crippen molar-refractivity contribution in [3.05, 3.63) is 23.8 Å². The molecule has 0 bridgehead atoms. The zero-order valence-corrected chi connectivity index (χ0v) is 13.0. The number of anilines is 1. The lowest BCUT2D eigenvalue weighted by Crippen LogP contribution is -2.36. The van der Waals surface area contributed by atoms with Crippen LogP contribution in [0.5, 0.6) is 0 Å². The number of piperidine rings is 1. The number of nitrogens with two attached hydrogens (primary N) is 1. The van der Waals surface area contributed by atoms with Crippen molar-refractivity contribution in [2.24, 2.45) is 11.7 Å². The van der Waals surface area contributed by atoms with Gasteiger partial charge in [0.05, 0.1) is 0 Å². The number of hydrogen-bond acceptors (Lipinski definition) is 3. The highest BCUT2D eigenvalue weighted by atomic mass is 32.2. The zero-order valence-electron chi connectivity index (χ0n) is 12.2. The second kappa shape index (κ2) is 7.20. The minimum absolute atomic E-state index is 0.645. The lowest BCUT2D eigenvalue weighted by atomic mass is 9.94. The topological polar surface area (TPSA) is 29.3 Å². The van der Waals surface area contributed by atoms with Crippen molar-refractivity contribution in [2.75, 3.05) is 23.7 Å². The van der Waals surface area contributed by atoms with Gasteiger partial charge in [0, 0.05) is 35.8 Å². The summed E-state index contributed by atoms with van der Waals surface area (Å²) >= 11 is 1.90. The summed E-state index contributed by atoms with van der Waals surface area (Å²) in [5, 5.41) is 0. The minimum atomic E-state index is 0.645. The molecule has 0 aromatic heterocycles. The van der Waals surface area contributed by atoms with Gasteiger partial charge in [-0.2, -0.15) is 0 Å². The first-order valence-corrected chi connectivity index (χ1v) is 8.48. The molecule has 2 nitrogen and oxygen atoms in total. The highest BCUT2D eigenvalue weighted by Gasteiger charge is 2.21. The Bertz CT molecular complexity index is 406. The maximum absolute atomic E-state index is 6.02. The highest BCUT2D eigenvalue weighted by Crippen LogP contribution is 2.33. The summed E-state index contributed by atoms with van der Waals surface area (Å²) in [4.78, 5) is 3.92. The Labute approximate surface area is 121 Å². The first kappa shape index (κ1) is 14.7. The molecule has 1 aliphatic heterocycles. The van der Waals surface area contributed by atoms with Crippen LogP contribution in [0.2, 0.25) is 0 Å². The molecule has 0 spiro atoms. The van der Waals surface area contributed by atoms with E-state index in [9.17, 15) is 0 Å². The lowest BCUT2D eigenvalue weighted by molar-refractivity contribution is 0.404. The van der Waals surface area contributed by atoms with Crippen LogP contribution in [-0.4, -0.2) is 18.8 Å². The second-order valence-electron chi connectivity index (χ2n) is 5.25. The van der Waals surface area contributed by atoms with E-state index in [1.165, 1.54) is 48.5 Å². The fraction of sp³-hybridized carbons (Fsp3) is 0.625. The van der Waals surface area contributed by atoms with Crippen LogP contribution in [0.25, 0.3) is 0 Å². The van der Waals surface area contributed by atoms with Crippen LogP contribution in [-0.2, 0) is 6.54 Å². The molecule has 1 fully saturated rings. The van der Waals surface area contributed by atoms with E-state index in [0.717, 1.165) is 11.7 Å². The van der Waals surface area contributed by atoms with Crippen LogP contribution >= 0.6 is 11.8 Å². The molecule has 19 heavy (non-hydrogen) atoms. The second-order valence-corrected chi connectivity index (χ2v) is 6.56. The van der Waals surface area contributed by atoms with Crippen LogP contribution in [0.1, 0.15) is 38.7 Å². The van der Waals surface area contributed by atoms with E-state index in [-0.39, 0.29) is 0 Å². The predicted molar refractivity (Wildman–Crippen MR) is 86.0 cm³/mol. The van der Waals surface area contributed by atoms with Gasteiger partial charge in [0.2, 0.25) is 0 Å². The summed E-state index contributed by atoms with van der Waals surface area (Å²) in [5.74, 6) is 1.95. The smallest absolute Gasteiger partial charge is 0.0423 e. The molecule has 1 atom stereocenters. The number of nitrogens with zero attached hydrogens (tertiary/aromatic N) is 1. The lowest BCUT2D eigenvalue weighted by Gasteiger charge is -2.35. The summed E-state index contributed by atoms with van der Waals surface area (Å²) in [6.45, 7) is 7.53. The standard InChI is InChI=1S/C16H26N2S/c1-3-13-7-6-10-18(12-13)15-8-5-9-16(19-4-2)14(15)11-17/h5,8-9,13H,3-4,6-7,10-12,17H2,1-2H3. The average molecular weight is 278 g/mol. The predicted octanol–water partition coefficient (Wildman–Crippen LogP) is 3.88. The molecule has 1 aliphatic rings. The van der Waals surface area contributed by atoms with Crippen molar-refractivity contribution in [1.29, 1.82) is 0 Å². The van der Waals surface area contributed by atoms with E-state index < -0.39 is 0 Å². The molecule has 1 unspecified atom stereocenters. The Kier molecular flexibility index (Phi) is 5.59. The SMILES string of the molecule is CCSc1cccc(N2CCCC(CC)C2)c1CN. The molecule has 1 heterocycles. The van der Waals surface area contributed by atoms with Crippen LogP contribution in [0, 0.1) is 5.92 Å². The third-order valence-electron chi connectivity index (χ3n) is 4.05. The van der Waals surface area contributed by atoms with Gasteiger partial charge in [-0.25, -0.2) is 0 Å². The van der Waals surface area contributed by atoms with E-state index in [4.69, 9.17) is 5.73 Å². The average Bonchev–Trinajstić information content (AvgIpc) is 2.47. The number of hydrogen-bond donors (Lipinski definition) is 1. The molecular weight excluding hydrogens is 252 g/mol. The molecule has 0 radical (unpaired) electrons. The third-order valence-corrected chi connectivity index (χ3v) is 5.03. The maximum Gasteiger partial charge on any atom is 0.0423 e. The Morgan fingerprint density at radius 3 is 2.89 bits per heavy atom. The van der Waals surface area contributed by atoms with Gasteiger partial charge in [-0.3, -0.25) is 0 Å². The van der Waals surface area contributed by atoms with E-state index in [1.807, 2.05) is 11.8 Å². The third kappa shape index (κ3) is 3.46. The fourth-order valence-electron chi connectivity index (χ4n) is 2.96. The molecule has 0 saturated carbocycles. The molecule has 1 aromatic carbocycles. The monoisotopic (exact) mass is 278 g/mol. The van der Waals surface area contributed by atoms with Gasteiger partial charge >= 0.3 is 0 Å². The van der Waals surface area contributed by atoms with E-state index in [0.29, 0.717) is 6.54 Å².